The van der Waals surface area contributed by atoms with Crippen molar-refractivity contribution in [2.45, 2.75) is 45.1 Å². The molecular formula is C12H24N2O3S. The van der Waals surface area contributed by atoms with Crippen LogP contribution in [0, 0.1) is 0 Å². The second-order valence-electron chi connectivity index (χ2n) is 5.21. The molecule has 106 valence electrons. The lowest BCUT2D eigenvalue weighted by Crippen LogP contribution is -2.51. The highest BCUT2D eigenvalue weighted by Gasteiger charge is 2.32. The van der Waals surface area contributed by atoms with Gasteiger partial charge in [0.2, 0.25) is 0 Å². The summed E-state index contributed by atoms with van der Waals surface area (Å²) in [5, 5.41) is 0. The molecule has 0 N–H and O–H groups in total. The molecule has 0 aromatic rings. The fraction of sp³-hybridized carbons (Fsp3) is 1.00. The van der Waals surface area contributed by atoms with Gasteiger partial charge < -0.3 is 4.74 Å². The predicted octanol–water partition coefficient (Wildman–Crippen LogP) is 1.22. The van der Waals surface area contributed by atoms with Crippen molar-refractivity contribution in [2.75, 3.05) is 32.8 Å². The van der Waals surface area contributed by atoms with Gasteiger partial charge in [0, 0.05) is 26.2 Å². The Hall–Kier alpha value is -0.170. The third-order valence-corrected chi connectivity index (χ3v) is 5.67. The van der Waals surface area contributed by atoms with Crippen LogP contribution in [-0.2, 0) is 14.9 Å². The van der Waals surface area contributed by atoms with E-state index in [1.54, 1.807) is 8.61 Å². The SMILES string of the molecule is CC1CN(S(=O)(=O)N2CCCCCCC2)CCO1. The zero-order valence-electron chi connectivity index (χ0n) is 11.2. The third kappa shape index (κ3) is 3.44. The molecule has 0 aromatic carbocycles. The van der Waals surface area contributed by atoms with Gasteiger partial charge in [0.15, 0.2) is 0 Å². The first-order valence-corrected chi connectivity index (χ1v) is 8.37. The maximum absolute atomic E-state index is 12.5. The van der Waals surface area contributed by atoms with Gasteiger partial charge in [-0.1, -0.05) is 19.3 Å². The van der Waals surface area contributed by atoms with Gasteiger partial charge in [0.1, 0.15) is 0 Å². The summed E-state index contributed by atoms with van der Waals surface area (Å²) in [7, 11) is -3.27. The molecule has 2 aliphatic rings. The molecule has 0 bridgehead atoms. The van der Waals surface area contributed by atoms with Crippen molar-refractivity contribution in [2.24, 2.45) is 0 Å². The van der Waals surface area contributed by atoms with Crippen LogP contribution in [0.3, 0.4) is 0 Å². The molecule has 0 amide bonds. The van der Waals surface area contributed by atoms with Gasteiger partial charge in [-0.3, -0.25) is 0 Å². The molecule has 1 unspecified atom stereocenters. The first-order chi connectivity index (χ1) is 8.60. The van der Waals surface area contributed by atoms with Crippen molar-refractivity contribution in [3.63, 3.8) is 0 Å². The van der Waals surface area contributed by atoms with Crippen LogP contribution in [0.15, 0.2) is 0 Å². The average molecular weight is 276 g/mol. The molecule has 6 heteroatoms. The number of nitrogens with zero attached hydrogens (tertiary/aromatic N) is 2. The number of hydrogen-bond donors (Lipinski definition) is 0. The first kappa shape index (κ1) is 14.2. The third-order valence-electron chi connectivity index (χ3n) is 3.67. The fourth-order valence-electron chi connectivity index (χ4n) is 2.61. The van der Waals surface area contributed by atoms with E-state index in [4.69, 9.17) is 4.74 Å². The molecule has 2 saturated heterocycles. The molecule has 0 aromatic heterocycles. The molecule has 2 fully saturated rings. The lowest BCUT2D eigenvalue weighted by Gasteiger charge is -2.35. The zero-order valence-corrected chi connectivity index (χ0v) is 12.0. The van der Waals surface area contributed by atoms with Crippen LogP contribution in [0.4, 0.5) is 0 Å². The fourth-order valence-corrected chi connectivity index (χ4v) is 4.36. The van der Waals surface area contributed by atoms with E-state index in [0.717, 1.165) is 25.7 Å². The summed E-state index contributed by atoms with van der Waals surface area (Å²) < 4.78 is 33.8. The van der Waals surface area contributed by atoms with Gasteiger partial charge in [-0.25, -0.2) is 0 Å². The summed E-state index contributed by atoms with van der Waals surface area (Å²) in [5.41, 5.74) is 0. The number of morpholine rings is 1. The highest BCUT2D eigenvalue weighted by Crippen LogP contribution is 2.18. The maximum Gasteiger partial charge on any atom is 0.282 e. The monoisotopic (exact) mass is 276 g/mol. The van der Waals surface area contributed by atoms with Crippen LogP contribution < -0.4 is 0 Å². The summed E-state index contributed by atoms with van der Waals surface area (Å²) in [6.07, 6.45) is 5.50. The van der Waals surface area contributed by atoms with E-state index in [0.29, 0.717) is 32.8 Å². The molecule has 0 saturated carbocycles. The Labute approximate surface area is 110 Å². The van der Waals surface area contributed by atoms with Crippen LogP contribution in [0.2, 0.25) is 0 Å². The van der Waals surface area contributed by atoms with Crippen molar-refractivity contribution in [1.29, 1.82) is 0 Å². The van der Waals surface area contributed by atoms with Gasteiger partial charge in [0.25, 0.3) is 10.2 Å². The van der Waals surface area contributed by atoms with Gasteiger partial charge in [-0.05, 0) is 19.8 Å². The Morgan fingerprint density at radius 1 is 0.944 bits per heavy atom. The van der Waals surface area contributed by atoms with E-state index in [1.165, 1.54) is 6.42 Å². The largest absolute Gasteiger partial charge is 0.376 e. The smallest absolute Gasteiger partial charge is 0.282 e. The molecule has 0 aliphatic carbocycles. The minimum Gasteiger partial charge on any atom is -0.376 e. The van der Waals surface area contributed by atoms with Crippen molar-refractivity contribution in [1.82, 2.24) is 8.61 Å². The topological polar surface area (TPSA) is 49.9 Å². The van der Waals surface area contributed by atoms with E-state index in [-0.39, 0.29) is 6.10 Å². The van der Waals surface area contributed by atoms with Crippen LogP contribution in [0.1, 0.15) is 39.0 Å². The quantitative estimate of drug-likeness (QED) is 0.762. The normalized spacial score (nSPS) is 29.7. The summed E-state index contributed by atoms with van der Waals surface area (Å²) >= 11 is 0. The van der Waals surface area contributed by atoms with E-state index in [1.807, 2.05) is 6.92 Å². The molecule has 2 rings (SSSR count). The van der Waals surface area contributed by atoms with Crippen LogP contribution >= 0.6 is 0 Å². The Kier molecular flexibility index (Phi) is 5.00. The zero-order chi connectivity index (χ0) is 13.0. The Morgan fingerprint density at radius 2 is 1.56 bits per heavy atom. The second-order valence-corrected chi connectivity index (χ2v) is 7.14. The number of hydrogen-bond acceptors (Lipinski definition) is 3. The Morgan fingerprint density at radius 3 is 2.17 bits per heavy atom. The van der Waals surface area contributed by atoms with Crippen LogP contribution in [0.5, 0.6) is 0 Å². The Bertz CT molecular complexity index is 350. The van der Waals surface area contributed by atoms with E-state index >= 15 is 0 Å². The predicted molar refractivity (Wildman–Crippen MR) is 70.6 cm³/mol. The molecular weight excluding hydrogens is 252 g/mol. The lowest BCUT2D eigenvalue weighted by atomic mass is 10.1. The minimum atomic E-state index is -3.27. The van der Waals surface area contributed by atoms with Crippen LogP contribution in [0.25, 0.3) is 0 Å². The molecule has 18 heavy (non-hydrogen) atoms. The van der Waals surface area contributed by atoms with E-state index in [2.05, 4.69) is 0 Å². The maximum atomic E-state index is 12.5. The highest BCUT2D eigenvalue weighted by molar-refractivity contribution is 7.86. The van der Waals surface area contributed by atoms with Crippen LogP contribution in [-0.4, -0.2) is 55.9 Å². The number of ether oxygens (including phenoxy) is 1. The molecule has 2 aliphatic heterocycles. The molecule has 0 radical (unpaired) electrons. The Balaban J connectivity index is 2.03. The highest BCUT2D eigenvalue weighted by atomic mass is 32.2. The standard InChI is InChI=1S/C12H24N2O3S/c1-12-11-14(9-10-17-12)18(15,16)13-7-5-3-2-4-6-8-13/h12H,2-11H2,1H3. The summed E-state index contributed by atoms with van der Waals surface area (Å²) in [4.78, 5) is 0. The molecule has 0 spiro atoms. The van der Waals surface area contributed by atoms with Crippen molar-refractivity contribution in [3.05, 3.63) is 0 Å². The molecule has 5 nitrogen and oxygen atoms in total. The van der Waals surface area contributed by atoms with Gasteiger partial charge in [-0.2, -0.15) is 17.0 Å². The second kappa shape index (κ2) is 6.32. The van der Waals surface area contributed by atoms with Gasteiger partial charge in [0.05, 0.1) is 12.7 Å². The van der Waals surface area contributed by atoms with Gasteiger partial charge >= 0.3 is 0 Å². The first-order valence-electron chi connectivity index (χ1n) is 6.97. The van der Waals surface area contributed by atoms with Crippen molar-refractivity contribution < 1.29 is 13.2 Å². The van der Waals surface area contributed by atoms with E-state index in [9.17, 15) is 8.42 Å². The average Bonchev–Trinajstić information content (AvgIpc) is 2.27. The summed E-state index contributed by atoms with van der Waals surface area (Å²) in [6.45, 7) is 4.76. The molecule has 1 atom stereocenters. The summed E-state index contributed by atoms with van der Waals surface area (Å²) in [5.74, 6) is 0. The summed E-state index contributed by atoms with van der Waals surface area (Å²) in [6, 6.07) is 0. The van der Waals surface area contributed by atoms with Crippen molar-refractivity contribution in [3.8, 4) is 0 Å². The number of rotatable bonds is 2. The minimum absolute atomic E-state index is 0.00304. The van der Waals surface area contributed by atoms with E-state index < -0.39 is 10.2 Å². The van der Waals surface area contributed by atoms with Gasteiger partial charge in [-0.15, -0.1) is 0 Å². The lowest BCUT2D eigenvalue weighted by molar-refractivity contribution is 0.00819. The van der Waals surface area contributed by atoms with Crippen molar-refractivity contribution >= 4 is 10.2 Å². The molecule has 2 heterocycles.